The second-order valence-corrected chi connectivity index (χ2v) is 9.88. The van der Waals surface area contributed by atoms with Crippen LogP contribution in [0, 0.1) is 6.92 Å². The SMILES string of the molecule is Cc1ccccc1COc1ccc(/C(O)=C2\C(=O)C(=O)N(CCCn3ccnc3)[C@@H]2c2cccs2)cc1. The van der Waals surface area contributed by atoms with E-state index in [-0.39, 0.29) is 11.3 Å². The van der Waals surface area contributed by atoms with Crippen molar-refractivity contribution in [1.29, 1.82) is 0 Å². The molecular weight excluding hydrogens is 486 g/mol. The number of imidazole rings is 1. The number of ketones is 1. The number of benzene rings is 2. The van der Waals surface area contributed by atoms with E-state index in [0.717, 1.165) is 16.0 Å². The van der Waals surface area contributed by atoms with Gasteiger partial charge >= 0.3 is 0 Å². The van der Waals surface area contributed by atoms with E-state index in [1.54, 1.807) is 41.7 Å². The maximum absolute atomic E-state index is 13.1. The molecule has 1 fully saturated rings. The summed E-state index contributed by atoms with van der Waals surface area (Å²) >= 11 is 1.46. The summed E-state index contributed by atoms with van der Waals surface area (Å²) in [4.78, 5) is 32.6. The number of aromatic nitrogens is 2. The van der Waals surface area contributed by atoms with Crippen LogP contribution in [0.15, 0.2) is 90.3 Å². The molecule has 37 heavy (non-hydrogen) atoms. The quantitative estimate of drug-likeness (QED) is 0.185. The fourth-order valence-electron chi connectivity index (χ4n) is 4.49. The molecular formula is C29H27N3O4S. The molecule has 1 atom stereocenters. The lowest BCUT2D eigenvalue weighted by atomic mass is 10.00. The lowest BCUT2D eigenvalue weighted by molar-refractivity contribution is -0.139. The van der Waals surface area contributed by atoms with E-state index in [1.165, 1.54) is 11.3 Å². The molecule has 7 nitrogen and oxygen atoms in total. The predicted octanol–water partition coefficient (Wildman–Crippen LogP) is 5.34. The van der Waals surface area contributed by atoms with Crippen LogP contribution in [0.25, 0.3) is 5.76 Å². The van der Waals surface area contributed by atoms with Crippen LogP contribution in [0.1, 0.15) is 34.0 Å². The Kier molecular flexibility index (Phi) is 7.18. The number of thiophene rings is 1. The van der Waals surface area contributed by atoms with Crippen LogP contribution in [-0.4, -0.2) is 37.8 Å². The molecule has 5 rings (SSSR count). The normalized spacial score (nSPS) is 16.9. The molecule has 0 bridgehead atoms. The zero-order valence-corrected chi connectivity index (χ0v) is 21.2. The number of rotatable bonds is 9. The van der Waals surface area contributed by atoms with E-state index >= 15 is 0 Å². The topological polar surface area (TPSA) is 84.7 Å². The Balaban J connectivity index is 1.37. The smallest absolute Gasteiger partial charge is 0.295 e. The summed E-state index contributed by atoms with van der Waals surface area (Å²) in [6.07, 6.45) is 5.94. The summed E-state index contributed by atoms with van der Waals surface area (Å²) < 4.78 is 7.84. The van der Waals surface area contributed by atoms with Crippen LogP contribution >= 0.6 is 11.3 Å². The zero-order valence-electron chi connectivity index (χ0n) is 20.4. The summed E-state index contributed by atoms with van der Waals surface area (Å²) in [6.45, 7) is 3.52. The van der Waals surface area contributed by atoms with Gasteiger partial charge in [0.05, 0.1) is 17.9 Å². The number of hydrogen-bond acceptors (Lipinski definition) is 6. The number of amides is 1. The minimum atomic E-state index is -0.668. The molecule has 0 unspecified atom stereocenters. The Morgan fingerprint density at radius 2 is 1.86 bits per heavy atom. The van der Waals surface area contributed by atoms with Gasteiger partial charge in [-0.2, -0.15) is 0 Å². The van der Waals surface area contributed by atoms with Crippen LogP contribution in [-0.2, 0) is 22.7 Å². The van der Waals surface area contributed by atoms with E-state index in [4.69, 9.17) is 4.74 Å². The largest absolute Gasteiger partial charge is 0.507 e. The first-order valence-electron chi connectivity index (χ1n) is 12.1. The van der Waals surface area contributed by atoms with Gasteiger partial charge in [0.2, 0.25) is 0 Å². The summed E-state index contributed by atoms with van der Waals surface area (Å²) in [5.74, 6) is -0.795. The van der Waals surface area contributed by atoms with Gasteiger partial charge in [-0.15, -0.1) is 11.3 Å². The molecule has 2 aromatic carbocycles. The third kappa shape index (κ3) is 5.20. The van der Waals surface area contributed by atoms with Gasteiger partial charge in [0, 0.05) is 35.9 Å². The lowest BCUT2D eigenvalue weighted by Gasteiger charge is -2.24. The van der Waals surface area contributed by atoms with Crippen molar-refractivity contribution in [3.8, 4) is 5.75 Å². The van der Waals surface area contributed by atoms with Gasteiger partial charge in [0.25, 0.3) is 11.7 Å². The van der Waals surface area contributed by atoms with Crippen LogP contribution in [0.4, 0.5) is 0 Å². The highest BCUT2D eigenvalue weighted by Crippen LogP contribution is 2.41. The van der Waals surface area contributed by atoms with Crippen LogP contribution in [0.5, 0.6) is 5.75 Å². The highest BCUT2D eigenvalue weighted by Gasteiger charge is 2.46. The Hall–Kier alpha value is -4.17. The maximum atomic E-state index is 13.1. The van der Waals surface area contributed by atoms with E-state index in [1.807, 2.05) is 59.5 Å². The standard InChI is InChI=1S/C29H27N3O4S/c1-20-6-2-3-7-22(20)18-36-23-11-9-21(10-12-23)27(33)25-26(24-8-4-17-37-24)32(29(35)28(25)34)15-5-14-31-16-13-30-19-31/h2-4,6-13,16-17,19,26,33H,5,14-15,18H2,1H3/b27-25+/t26-/m1/s1. The highest BCUT2D eigenvalue weighted by molar-refractivity contribution is 7.10. The summed E-state index contributed by atoms with van der Waals surface area (Å²) in [6, 6.07) is 18.1. The van der Waals surface area contributed by atoms with Crippen LogP contribution in [0.2, 0.25) is 0 Å². The Morgan fingerprint density at radius 3 is 2.57 bits per heavy atom. The number of nitrogens with zero attached hydrogens (tertiary/aromatic N) is 3. The summed E-state index contributed by atoms with van der Waals surface area (Å²) in [7, 11) is 0. The van der Waals surface area contributed by atoms with Crippen molar-refractivity contribution in [2.75, 3.05) is 6.54 Å². The number of aliphatic hydroxyl groups is 1. The monoisotopic (exact) mass is 513 g/mol. The molecule has 2 aromatic heterocycles. The van der Waals surface area contributed by atoms with E-state index in [0.29, 0.717) is 37.4 Å². The molecule has 8 heteroatoms. The first kappa shape index (κ1) is 24.5. The summed E-state index contributed by atoms with van der Waals surface area (Å²) in [5, 5.41) is 13.1. The second kappa shape index (κ2) is 10.8. The van der Waals surface area contributed by atoms with E-state index in [2.05, 4.69) is 4.98 Å². The molecule has 1 saturated heterocycles. The average Bonchev–Trinajstić information content (AvgIpc) is 3.67. The minimum absolute atomic E-state index is 0.114. The number of ether oxygens (including phenoxy) is 1. The minimum Gasteiger partial charge on any atom is -0.507 e. The zero-order chi connectivity index (χ0) is 25.8. The number of carbonyl (C=O) groups is 2. The maximum Gasteiger partial charge on any atom is 0.295 e. The van der Waals surface area contributed by atoms with Crippen molar-refractivity contribution in [1.82, 2.24) is 14.5 Å². The van der Waals surface area contributed by atoms with E-state index in [9.17, 15) is 14.7 Å². The third-order valence-corrected chi connectivity index (χ3v) is 7.44. The number of aliphatic hydroxyl groups excluding tert-OH is 1. The molecule has 3 heterocycles. The first-order valence-corrected chi connectivity index (χ1v) is 13.0. The van der Waals surface area contributed by atoms with Gasteiger partial charge in [-0.3, -0.25) is 9.59 Å². The van der Waals surface area contributed by atoms with Gasteiger partial charge in [-0.25, -0.2) is 4.98 Å². The molecule has 0 spiro atoms. The number of Topliss-reactive ketones (excluding diaryl/α,β-unsaturated/α-hetero) is 1. The fourth-order valence-corrected chi connectivity index (χ4v) is 5.34. The van der Waals surface area contributed by atoms with Crippen molar-refractivity contribution in [2.45, 2.75) is 32.5 Å². The first-order chi connectivity index (χ1) is 18.0. The molecule has 0 aliphatic carbocycles. The van der Waals surface area contributed by atoms with E-state index < -0.39 is 17.7 Å². The van der Waals surface area contributed by atoms with Crippen molar-refractivity contribution in [3.63, 3.8) is 0 Å². The van der Waals surface area contributed by atoms with Crippen molar-refractivity contribution >= 4 is 28.8 Å². The molecule has 1 N–H and O–H groups in total. The molecule has 1 amide bonds. The Morgan fingerprint density at radius 1 is 1.05 bits per heavy atom. The lowest BCUT2D eigenvalue weighted by Crippen LogP contribution is -2.31. The third-order valence-electron chi connectivity index (χ3n) is 6.51. The molecule has 188 valence electrons. The number of aryl methyl sites for hydroxylation is 2. The van der Waals surface area contributed by atoms with Gasteiger partial charge in [0.1, 0.15) is 18.1 Å². The second-order valence-electron chi connectivity index (χ2n) is 8.90. The predicted molar refractivity (Wildman–Crippen MR) is 142 cm³/mol. The van der Waals surface area contributed by atoms with Gasteiger partial charge in [0.15, 0.2) is 0 Å². The Bertz CT molecular complexity index is 1410. The van der Waals surface area contributed by atoms with Gasteiger partial charge in [-0.1, -0.05) is 30.3 Å². The highest BCUT2D eigenvalue weighted by atomic mass is 32.1. The van der Waals surface area contributed by atoms with Gasteiger partial charge in [-0.05, 0) is 60.2 Å². The molecule has 1 aliphatic rings. The number of likely N-dealkylation sites (tertiary alicyclic amines) is 1. The van der Waals surface area contributed by atoms with Crippen LogP contribution < -0.4 is 4.74 Å². The van der Waals surface area contributed by atoms with Gasteiger partial charge < -0.3 is 19.3 Å². The van der Waals surface area contributed by atoms with Crippen molar-refractivity contribution < 1.29 is 19.4 Å². The number of carbonyl (C=O) groups excluding carboxylic acids is 2. The summed E-state index contributed by atoms with van der Waals surface area (Å²) in [5.41, 5.74) is 2.82. The molecule has 4 aromatic rings. The van der Waals surface area contributed by atoms with Crippen LogP contribution in [0.3, 0.4) is 0 Å². The molecule has 1 aliphatic heterocycles. The fraction of sp³-hybridized carbons (Fsp3) is 0.207. The Labute approximate surface area is 219 Å². The molecule has 0 saturated carbocycles. The van der Waals surface area contributed by atoms with Crippen molar-refractivity contribution in [2.24, 2.45) is 0 Å². The molecule has 0 radical (unpaired) electrons. The average molecular weight is 514 g/mol. The van der Waals surface area contributed by atoms with Crippen molar-refractivity contribution in [3.05, 3.63) is 112 Å². The number of hydrogen-bond donors (Lipinski definition) is 1.